The van der Waals surface area contributed by atoms with Crippen LogP contribution in [-0.4, -0.2) is 32.3 Å². The Hall–Kier alpha value is -2.36. The highest BCUT2D eigenvalue weighted by Crippen LogP contribution is 2.26. The molecule has 3 rings (SSSR count). The molecule has 1 atom stereocenters. The topological polar surface area (TPSA) is 88.9 Å². The third-order valence-electron chi connectivity index (χ3n) is 4.99. The van der Waals surface area contributed by atoms with Crippen molar-refractivity contribution in [1.82, 2.24) is 20.1 Å². The summed E-state index contributed by atoms with van der Waals surface area (Å²) in [5.74, 6) is 0.428. The van der Waals surface area contributed by atoms with Gasteiger partial charge in [0, 0.05) is 17.2 Å². The largest absolute Gasteiger partial charge is 0.342 e. The molecule has 0 spiro atoms. The van der Waals surface area contributed by atoms with Crippen LogP contribution in [-0.2, 0) is 11.8 Å². The number of carbonyl (C=O) groups is 2. The quantitative estimate of drug-likeness (QED) is 0.367. The van der Waals surface area contributed by atoms with Crippen molar-refractivity contribution in [3.63, 3.8) is 0 Å². The molecule has 0 aliphatic carbocycles. The lowest BCUT2D eigenvalue weighted by atomic mass is 10.0. The van der Waals surface area contributed by atoms with Gasteiger partial charge in [-0.25, -0.2) is 0 Å². The summed E-state index contributed by atoms with van der Waals surface area (Å²) < 4.78 is 2.79. The fourth-order valence-electron chi connectivity index (χ4n) is 3.17. The van der Waals surface area contributed by atoms with Gasteiger partial charge in [-0.1, -0.05) is 65.3 Å². The van der Waals surface area contributed by atoms with E-state index in [1.165, 1.54) is 11.8 Å². The van der Waals surface area contributed by atoms with Crippen molar-refractivity contribution < 1.29 is 9.59 Å². The maximum atomic E-state index is 12.8. The zero-order chi connectivity index (χ0) is 24.1. The van der Waals surface area contributed by atoms with Gasteiger partial charge in [0.15, 0.2) is 11.0 Å². The molecule has 0 fully saturated rings. The number of nitrogens with one attached hydrogen (secondary N) is 2. The molecule has 0 saturated carbocycles. The second kappa shape index (κ2) is 11.2. The molecule has 2 amide bonds. The fourth-order valence-corrected chi connectivity index (χ4v) is 4.35. The maximum absolute atomic E-state index is 12.8. The summed E-state index contributed by atoms with van der Waals surface area (Å²) in [5.41, 5.74) is 2.18. The molecule has 0 aliphatic heterocycles. The van der Waals surface area contributed by atoms with Crippen LogP contribution in [0.4, 0.5) is 5.69 Å². The number of halogens is 2. The molecule has 2 aromatic carbocycles. The molecule has 7 nitrogen and oxygen atoms in total. The average molecular weight is 551 g/mol. The lowest BCUT2D eigenvalue weighted by Crippen LogP contribution is -2.33. The second-order valence-corrected chi connectivity index (χ2v) is 10.1. The molecule has 174 valence electrons. The van der Waals surface area contributed by atoms with Crippen LogP contribution >= 0.6 is 39.3 Å². The predicted molar refractivity (Wildman–Crippen MR) is 136 cm³/mol. The van der Waals surface area contributed by atoms with Crippen molar-refractivity contribution in [2.45, 2.75) is 32.0 Å². The lowest BCUT2D eigenvalue weighted by molar-refractivity contribution is -0.113. The zero-order valence-corrected chi connectivity index (χ0v) is 21.9. The van der Waals surface area contributed by atoms with Crippen molar-refractivity contribution in [3.05, 3.63) is 68.9 Å². The van der Waals surface area contributed by atoms with E-state index in [2.05, 4.69) is 36.8 Å². The minimum Gasteiger partial charge on any atom is -0.342 e. The van der Waals surface area contributed by atoms with Gasteiger partial charge in [0.05, 0.1) is 22.4 Å². The number of hydrogen-bond donors (Lipinski definition) is 2. The van der Waals surface area contributed by atoms with E-state index in [1.807, 2.05) is 46.0 Å². The van der Waals surface area contributed by atoms with Crippen LogP contribution in [0.15, 0.2) is 52.1 Å². The Morgan fingerprint density at radius 3 is 2.58 bits per heavy atom. The van der Waals surface area contributed by atoms with Gasteiger partial charge in [0.25, 0.3) is 5.91 Å². The first-order chi connectivity index (χ1) is 15.7. The Kier molecular flexibility index (Phi) is 8.56. The normalized spacial score (nSPS) is 12.0. The fraction of sp³-hybridized carbons (Fsp3) is 0.304. The summed E-state index contributed by atoms with van der Waals surface area (Å²) in [6.45, 7) is 5.95. The summed E-state index contributed by atoms with van der Waals surface area (Å²) in [5, 5.41) is 15.4. The van der Waals surface area contributed by atoms with Crippen molar-refractivity contribution in [3.8, 4) is 0 Å². The number of hydrogen-bond acceptors (Lipinski definition) is 5. The number of nitrogens with zero attached hydrogens (tertiary/aromatic N) is 3. The van der Waals surface area contributed by atoms with Crippen LogP contribution in [0.2, 0.25) is 5.02 Å². The summed E-state index contributed by atoms with van der Waals surface area (Å²) in [4.78, 5) is 25.2. The number of aryl methyl sites for hydroxylation is 1. The number of rotatable bonds is 8. The number of benzene rings is 2. The third kappa shape index (κ3) is 6.37. The standard InChI is InChI=1S/C23H25BrClN5O2S/c1-13(2)20(27-22(32)16-7-5-6-8-18(16)25)21-28-29-23(30(21)4)33-12-19(31)26-15-9-10-17(24)14(3)11-15/h5-11,13,20H,12H2,1-4H3,(H,26,31)(H,27,32)/t20-/m1/s1. The summed E-state index contributed by atoms with van der Waals surface area (Å²) >= 11 is 10.9. The van der Waals surface area contributed by atoms with Gasteiger partial charge >= 0.3 is 0 Å². The van der Waals surface area contributed by atoms with Crippen LogP contribution in [0, 0.1) is 12.8 Å². The maximum Gasteiger partial charge on any atom is 0.253 e. The molecule has 0 saturated heterocycles. The van der Waals surface area contributed by atoms with E-state index in [4.69, 9.17) is 11.6 Å². The molecular formula is C23H25BrClN5O2S. The Labute approximate surface area is 210 Å². The van der Waals surface area contributed by atoms with E-state index in [0.29, 0.717) is 21.6 Å². The van der Waals surface area contributed by atoms with Gasteiger partial charge in [-0.15, -0.1) is 10.2 Å². The number of aromatic nitrogens is 3. The number of anilines is 1. The predicted octanol–water partition coefficient (Wildman–Crippen LogP) is 5.40. The van der Waals surface area contributed by atoms with Crippen molar-refractivity contribution >= 4 is 56.8 Å². The molecule has 2 N–H and O–H groups in total. The monoisotopic (exact) mass is 549 g/mol. The molecule has 33 heavy (non-hydrogen) atoms. The van der Waals surface area contributed by atoms with Crippen LogP contribution in [0.25, 0.3) is 0 Å². The molecule has 1 heterocycles. The first-order valence-electron chi connectivity index (χ1n) is 10.3. The lowest BCUT2D eigenvalue weighted by Gasteiger charge is -2.22. The molecule has 0 unspecified atom stereocenters. The molecule has 0 radical (unpaired) electrons. The van der Waals surface area contributed by atoms with Gasteiger partial charge in [-0.2, -0.15) is 0 Å². The Bertz CT molecular complexity index is 1170. The van der Waals surface area contributed by atoms with Crippen LogP contribution in [0.5, 0.6) is 0 Å². The first kappa shape index (κ1) is 25.3. The Balaban J connectivity index is 1.67. The van der Waals surface area contributed by atoms with Gasteiger partial charge in [0.1, 0.15) is 0 Å². The highest BCUT2D eigenvalue weighted by atomic mass is 79.9. The van der Waals surface area contributed by atoms with Gasteiger partial charge in [-0.3, -0.25) is 9.59 Å². The summed E-state index contributed by atoms with van der Waals surface area (Å²) in [7, 11) is 1.82. The third-order valence-corrected chi connectivity index (χ3v) is 7.23. The van der Waals surface area contributed by atoms with Gasteiger partial charge in [0.2, 0.25) is 5.91 Å². The number of thioether (sulfide) groups is 1. The molecule has 3 aromatic rings. The van der Waals surface area contributed by atoms with Crippen molar-refractivity contribution in [1.29, 1.82) is 0 Å². The van der Waals surface area contributed by atoms with Gasteiger partial charge in [-0.05, 0) is 48.7 Å². The van der Waals surface area contributed by atoms with Crippen LogP contribution < -0.4 is 10.6 Å². The Morgan fingerprint density at radius 1 is 1.18 bits per heavy atom. The average Bonchev–Trinajstić information content (AvgIpc) is 3.13. The minimum absolute atomic E-state index is 0.0566. The smallest absolute Gasteiger partial charge is 0.253 e. The number of amides is 2. The molecular weight excluding hydrogens is 526 g/mol. The SMILES string of the molecule is Cc1cc(NC(=O)CSc2nnc([C@H](NC(=O)c3ccccc3Cl)C(C)C)n2C)ccc1Br. The molecule has 10 heteroatoms. The highest BCUT2D eigenvalue weighted by molar-refractivity contribution is 9.10. The zero-order valence-electron chi connectivity index (χ0n) is 18.7. The van der Waals surface area contributed by atoms with Crippen molar-refractivity contribution in [2.24, 2.45) is 13.0 Å². The second-order valence-electron chi connectivity index (χ2n) is 7.88. The van der Waals surface area contributed by atoms with E-state index >= 15 is 0 Å². The number of carbonyl (C=O) groups excluding carboxylic acids is 2. The Morgan fingerprint density at radius 2 is 1.91 bits per heavy atom. The molecule has 1 aromatic heterocycles. The minimum atomic E-state index is -0.375. The first-order valence-corrected chi connectivity index (χ1v) is 12.5. The van der Waals surface area contributed by atoms with E-state index in [0.717, 1.165) is 15.7 Å². The highest BCUT2D eigenvalue weighted by Gasteiger charge is 2.26. The summed E-state index contributed by atoms with van der Waals surface area (Å²) in [6, 6.07) is 12.2. The van der Waals surface area contributed by atoms with E-state index in [9.17, 15) is 9.59 Å². The van der Waals surface area contributed by atoms with Gasteiger partial charge < -0.3 is 15.2 Å². The van der Waals surface area contributed by atoms with E-state index in [1.54, 1.807) is 28.8 Å². The van der Waals surface area contributed by atoms with Crippen LogP contribution in [0.1, 0.15) is 41.6 Å². The summed E-state index contributed by atoms with van der Waals surface area (Å²) in [6.07, 6.45) is 0. The molecule has 0 aliphatic rings. The van der Waals surface area contributed by atoms with Crippen molar-refractivity contribution in [2.75, 3.05) is 11.1 Å². The van der Waals surface area contributed by atoms with E-state index in [-0.39, 0.29) is 29.5 Å². The van der Waals surface area contributed by atoms with Crippen LogP contribution in [0.3, 0.4) is 0 Å². The molecule has 0 bridgehead atoms. The van der Waals surface area contributed by atoms with E-state index < -0.39 is 0 Å².